The second-order valence-electron chi connectivity index (χ2n) is 5.36. The quantitative estimate of drug-likeness (QED) is 0.651. The minimum absolute atomic E-state index is 0.356. The minimum Gasteiger partial charge on any atom is -0.485 e. The van der Waals surface area contributed by atoms with Crippen molar-refractivity contribution >= 4 is 6.08 Å². The summed E-state index contributed by atoms with van der Waals surface area (Å²) in [6.07, 6.45) is -0.0304. The van der Waals surface area contributed by atoms with Gasteiger partial charge >= 0.3 is 0 Å². The lowest BCUT2D eigenvalue weighted by atomic mass is 9.87. The number of hydrogen-bond donors (Lipinski definition) is 3. The van der Waals surface area contributed by atoms with Crippen LogP contribution in [0.3, 0.4) is 0 Å². The van der Waals surface area contributed by atoms with E-state index in [0.29, 0.717) is 17.1 Å². The minimum atomic E-state index is -1.12. The maximum Gasteiger partial charge on any atom is 0.217 e. The van der Waals surface area contributed by atoms with Crippen molar-refractivity contribution in [3.05, 3.63) is 29.3 Å². The molecule has 2 aliphatic rings. The Bertz CT molecular complexity index is 549. The van der Waals surface area contributed by atoms with Crippen LogP contribution in [0.25, 0.3) is 6.08 Å². The molecule has 0 spiro atoms. The molecule has 0 saturated heterocycles. The van der Waals surface area contributed by atoms with Gasteiger partial charge in [-0.25, -0.2) is 0 Å². The Kier molecular flexibility index (Phi) is 2.60. The molecule has 1 aromatic rings. The van der Waals surface area contributed by atoms with Crippen molar-refractivity contribution in [1.29, 1.82) is 0 Å². The summed E-state index contributed by atoms with van der Waals surface area (Å²) >= 11 is 0. The van der Waals surface area contributed by atoms with E-state index in [1.165, 1.54) is 6.08 Å². The summed E-state index contributed by atoms with van der Waals surface area (Å²) in [5.74, 6) is 0.818. The Morgan fingerprint density at radius 2 is 1.89 bits per heavy atom. The Hall–Kier alpha value is -1.56. The molecule has 0 saturated carbocycles. The SMILES string of the molecule is CC1(C)Oc2ccc3c(c2C(O)C1O)OC(O)C=C3. The summed E-state index contributed by atoms with van der Waals surface area (Å²) < 4.78 is 11.0. The average Bonchev–Trinajstić information content (AvgIpc) is 2.35. The van der Waals surface area contributed by atoms with E-state index in [2.05, 4.69) is 0 Å². The molecule has 0 amide bonds. The molecule has 5 heteroatoms. The van der Waals surface area contributed by atoms with Crippen LogP contribution in [0.4, 0.5) is 0 Å². The van der Waals surface area contributed by atoms with Gasteiger partial charge in [-0.3, -0.25) is 0 Å². The van der Waals surface area contributed by atoms with Gasteiger partial charge in [-0.2, -0.15) is 0 Å². The molecule has 0 radical (unpaired) electrons. The van der Waals surface area contributed by atoms with E-state index in [0.717, 1.165) is 5.56 Å². The lowest BCUT2D eigenvalue weighted by Crippen LogP contribution is -2.49. The van der Waals surface area contributed by atoms with Crippen LogP contribution >= 0.6 is 0 Å². The number of aliphatic hydroxyl groups is 3. The fourth-order valence-corrected chi connectivity index (χ4v) is 2.46. The van der Waals surface area contributed by atoms with E-state index >= 15 is 0 Å². The van der Waals surface area contributed by atoms with Crippen LogP contribution in [0, 0.1) is 0 Å². The largest absolute Gasteiger partial charge is 0.485 e. The van der Waals surface area contributed by atoms with Gasteiger partial charge in [0.05, 0.1) is 5.56 Å². The molecule has 3 unspecified atom stereocenters. The standard InChI is InChI=1S/C14H16O5/c1-14(2)13(17)11(16)10-8(19-14)5-3-7-4-6-9(15)18-12(7)10/h3-6,9,11,13,15-17H,1-2H3. The zero-order valence-electron chi connectivity index (χ0n) is 10.7. The van der Waals surface area contributed by atoms with Crippen LogP contribution in [0.15, 0.2) is 18.2 Å². The molecule has 2 heterocycles. The molecule has 1 aromatic carbocycles. The molecule has 3 N–H and O–H groups in total. The van der Waals surface area contributed by atoms with Crippen molar-refractivity contribution in [2.24, 2.45) is 0 Å². The summed E-state index contributed by atoms with van der Waals surface area (Å²) in [4.78, 5) is 0. The first-order valence-corrected chi connectivity index (χ1v) is 6.15. The maximum absolute atomic E-state index is 10.3. The molecular weight excluding hydrogens is 248 g/mol. The van der Waals surface area contributed by atoms with E-state index in [1.807, 2.05) is 0 Å². The van der Waals surface area contributed by atoms with E-state index in [9.17, 15) is 15.3 Å². The monoisotopic (exact) mass is 264 g/mol. The van der Waals surface area contributed by atoms with Crippen molar-refractivity contribution in [2.75, 3.05) is 0 Å². The Labute approximate surface area is 110 Å². The zero-order valence-corrected chi connectivity index (χ0v) is 10.7. The smallest absolute Gasteiger partial charge is 0.217 e. The van der Waals surface area contributed by atoms with Crippen molar-refractivity contribution < 1.29 is 24.8 Å². The van der Waals surface area contributed by atoms with Gasteiger partial charge in [-0.05, 0) is 38.1 Å². The second-order valence-corrected chi connectivity index (χ2v) is 5.36. The van der Waals surface area contributed by atoms with Crippen LogP contribution < -0.4 is 9.47 Å². The van der Waals surface area contributed by atoms with E-state index in [4.69, 9.17) is 9.47 Å². The summed E-state index contributed by atoms with van der Waals surface area (Å²) in [5.41, 5.74) is 0.232. The molecular formula is C14H16O5. The summed E-state index contributed by atoms with van der Waals surface area (Å²) in [5, 5.41) is 29.9. The third-order valence-corrected chi connectivity index (χ3v) is 3.55. The van der Waals surface area contributed by atoms with Gasteiger partial charge in [0.2, 0.25) is 6.29 Å². The first kappa shape index (κ1) is 12.5. The highest BCUT2D eigenvalue weighted by Crippen LogP contribution is 2.47. The van der Waals surface area contributed by atoms with Gasteiger partial charge < -0.3 is 24.8 Å². The average molecular weight is 264 g/mol. The molecule has 102 valence electrons. The third-order valence-electron chi connectivity index (χ3n) is 3.55. The summed E-state index contributed by atoms with van der Waals surface area (Å²) in [6.45, 7) is 3.41. The molecule has 0 aliphatic carbocycles. The summed E-state index contributed by atoms with van der Waals surface area (Å²) in [7, 11) is 0. The fourth-order valence-electron chi connectivity index (χ4n) is 2.46. The van der Waals surface area contributed by atoms with Crippen molar-refractivity contribution in [1.82, 2.24) is 0 Å². The molecule has 5 nitrogen and oxygen atoms in total. The van der Waals surface area contributed by atoms with Gasteiger partial charge in [0.25, 0.3) is 0 Å². The molecule has 0 bridgehead atoms. The number of fused-ring (bicyclic) bond motifs is 3. The first-order chi connectivity index (χ1) is 8.90. The fraction of sp³-hybridized carbons (Fsp3) is 0.429. The lowest BCUT2D eigenvalue weighted by Gasteiger charge is -2.41. The molecule has 3 atom stereocenters. The van der Waals surface area contributed by atoms with Crippen molar-refractivity contribution in [3.8, 4) is 11.5 Å². The van der Waals surface area contributed by atoms with Crippen LogP contribution in [0.2, 0.25) is 0 Å². The Morgan fingerprint density at radius 3 is 2.63 bits per heavy atom. The van der Waals surface area contributed by atoms with Gasteiger partial charge in [0.15, 0.2) is 0 Å². The van der Waals surface area contributed by atoms with Gasteiger partial charge in [-0.1, -0.05) is 0 Å². The topological polar surface area (TPSA) is 79.2 Å². The lowest BCUT2D eigenvalue weighted by molar-refractivity contribution is -0.113. The van der Waals surface area contributed by atoms with Crippen LogP contribution in [0.5, 0.6) is 11.5 Å². The van der Waals surface area contributed by atoms with E-state index in [-0.39, 0.29) is 0 Å². The zero-order chi connectivity index (χ0) is 13.8. The Balaban J connectivity index is 2.17. The molecule has 0 aromatic heterocycles. The highest BCUT2D eigenvalue weighted by Gasteiger charge is 2.44. The number of benzene rings is 1. The van der Waals surface area contributed by atoms with Crippen LogP contribution in [0.1, 0.15) is 31.1 Å². The Morgan fingerprint density at radius 1 is 1.16 bits per heavy atom. The number of ether oxygens (including phenoxy) is 2. The highest BCUT2D eigenvalue weighted by atomic mass is 16.6. The predicted octanol–water partition coefficient (Wildman–Crippen LogP) is 0.976. The third kappa shape index (κ3) is 1.82. The molecule has 0 fully saturated rings. The normalized spacial score (nSPS) is 30.9. The van der Waals surface area contributed by atoms with E-state index < -0.39 is 24.1 Å². The molecule has 19 heavy (non-hydrogen) atoms. The number of hydrogen-bond acceptors (Lipinski definition) is 5. The first-order valence-electron chi connectivity index (χ1n) is 6.15. The van der Waals surface area contributed by atoms with Gasteiger partial charge in [0.1, 0.15) is 29.3 Å². The van der Waals surface area contributed by atoms with Crippen molar-refractivity contribution in [3.63, 3.8) is 0 Å². The molecule has 3 rings (SSSR count). The van der Waals surface area contributed by atoms with E-state index in [1.54, 1.807) is 32.1 Å². The van der Waals surface area contributed by atoms with Crippen LogP contribution in [-0.2, 0) is 0 Å². The summed E-state index contributed by atoms with van der Waals surface area (Å²) in [6, 6.07) is 3.52. The predicted molar refractivity (Wildman–Crippen MR) is 67.8 cm³/mol. The van der Waals surface area contributed by atoms with Gasteiger partial charge in [-0.15, -0.1) is 0 Å². The number of aliphatic hydroxyl groups excluding tert-OH is 3. The molecule has 2 aliphatic heterocycles. The van der Waals surface area contributed by atoms with Crippen molar-refractivity contribution in [2.45, 2.75) is 37.9 Å². The van der Waals surface area contributed by atoms with Crippen LogP contribution in [-0.4, -0.2) is 33.3 Å². The van der Waals surface area contributed by atoms with Gasteiger partial charge in [0, 0.05) is 5.56 Å². The maximum atomic E-state index is 10.3. The number of rotatable bonds is 0. The highest BCUT2D eigenvalue weighted by molar-refractivity contribution is 5.66. The second kappa shape index (κ2) is 3.96.